The molecule has 17 heavy (non-hydrogen) atoms. The third-order valence-corrected chi connectivity index (χ3v) is 2.88. The number of nitrogens with zero attached hydrogens (tertiary/aromatic N) is 1. The molecule has 1 atom stereocenters. The van der Waals surface area contributed by atoms with E-state index >= 15 is 0 Å². The van der Waals surface area contributed by atoms with Gasteiger partial charge in [0.25, 0.3) is 0 Å². The van der Waals surface area contributed by atoms with Crippen LogP contribution in [0, 0.1) is 5.82 Å². The van der Waals surface area contributed by atoms with E-state index in [2.05, 4.69) is 0 Å². The van der Waals surface area contributed by atoms with Gasteiger partial charge >= 0.3 is 0 Å². The summed E-state index contributed by atoms with van der Waals surface area (Å²) in [7, 11) is 0. The molecule has 1 aliphatic rings. The monoisotopic (exact) mass is 238 g/mol. The highest BCUT2D eigenvalue weighted by Gasteiger charge is 2.32. The molecule has 0 amide bonds. The minimum Gasteiger partial charge on any atom is -0.399 e. The Morgan fingerprint density at radius 2 is 2.18 bits per heavy atom. The average Bonchev–Trinajstić information content (AvgIpc) is 2.13. The first kappa shape index (κ1) is 12.2. The van der Waals surface area contributed by atoms with Crippen molar-refractivity contribution >= 4 is 11.4 Å². The van der Waals surface area contributed by atoms with Gasteiger partial charge in [-0.15, -0.1) is 0 Å². The maximum atomic E-state index is 13.9. The van der Waals surface area contributed by atoms with Gasteiger partial charge in [-0.1, -0.05) is 0 Å². The zero-order valence-corrected chi connectivity index (χ0v) is 10.5. The van der Waals surface area contributed by atoms with Crippen molar-refractivity contribution in [1.82, 2.24) is 0 Å². The van der Waals surface area contributed by atoms with Crippen LogP contribution in [0.4, 0.5) is 15.8 Å². The van der Waals surface area contributed by atoms with Crippen LogP contribution in [0.3, 0.4) is 0 Å². The average molecular weight is 238 g/mol. The number of halogens is 1. The highest BCUT2D eigenvalue weighted by molar-refractivity contribution is 5.55. The number of anilines is 2. The molecular weight excluding hydrogens is 219 g/mol. The SMILES string of the molecule is CC1CN(c2ccc(N)cc2F)CC(C)(C)O1. The molecule has 1 aromatic carbocycles. The second-order valence-electron chi connectivity index (χ2n) is 5.28. The summed E-state index contributed by atoms with van der Waals surface area (Å²) in [6.45, 7) is 7.42. The fraction of sp³-hybridized carbons (Fsp3) is 0.538. The molecule has 0 radical (unpaired) electrons. The number of rotatable bonds is 1. The summed E-state index contributed by atoms with van der Waals surface area (Å²) in [5, 5.41) is 0. The summed E-state index contributed by atoms with van der Waals surface area (Å²) in [6, 6.07) is 4.83. The van der Waals surface area contributed by atoms with Gasteiger partial charge in [-0.25, -0.2) is 4.39 Å². The third kappa shape index (κ3) is 2.69. The highest BCUT2D eigenvalue weighted by Crippen LogP contribution is 2.28. The van der Waals surface area contributed by atoms with Crippen molar-refractivity contribution < 1.29 is 9.13 Å². The molecule has 1 fully saturated rings. The molecule has 94 valence electrons. The van der Waals surface area contributed by atoms with Crippen LogP contribution in [-0.2, 0) is 4.74 Å². The lowest BCUT2D eigenvalue weighted by molar-refractivity contribution is -0.0751. The molecule has 3 nitrogen and oxygen atoms in total. The second-order valence-corrected chi connectivity index (χ2v) is 5.28. The maximum absolute atomic E-state index is 13.9. The lowest BCUT2D eigenvalue weighted by Gasteiger charge is -2.43. The summed E-state index contributed by atoms with van der Waals surface area (Å²) in [6.07, 6.45) is 0.0932. The zero-order chi connectivity index (χ0) is 12.6. The van der Waals surface area contributed by atoms with Crippen molar-refractivity contribution in [3.05, 3.63) is 24.0 Å². The van der Waals surface area contributed by atoms with E-state index in [0.29, 0.717) is 24.5 Å². The van der Waals surface area contributed by atoms with Crippen LogP contribution in [-0.4, -0.2) is 24.8 Å². The minimum atomic E-state index is -0.269. The first-order chi connectivity index (χ1) is 7.87. The number of morpholine rings is 1. The Labute approximate surface area is 101 Å². The van der Waals surface area contributed by atoms with Crippen LogP contribution < -0.4 is 10.6 Å². The van der Waals surface area contributed by atoms with Crippen molar-refractivity contribution in [2.75, 3.05) is 23.7 Å². The smallest absolute Gasteiger partial charge is 0.148 e. The molecule has 1 saturated heterocycles. The summed E-state index contributed by atoms with van der Waals surface area (Å²) in [5.41, 5.74) is 6.35. The molecule has 1 heterocycles. The standard InChI is InChI=1S/C13H19FN2O/c1-9-7-16(8-13(2,3)17-9)12-5-4-10(15)6-11(12)14/h4-6,9H,7-8,15H2,1-3H3. The quantitative estimate of drug-likeness (QED) is 0.764. The first-order valence-electron chi connectivity index (χ1n) is 5.85. The van der Waals surface area contributed by atoms with Crippen molar-refractivity contribution in [1.29, 1.82) is 0 Å². The Morgan fingerprint density at radius 3 is 2.76 bits per heavy atom. The first-order valence-corrected chi connectivity index (χ1v) is 5.85. The van der Waals surface area contributed by atoms with E-state index in [-0.39, 0.29) is 17.5 Å². The fourth-order valence-corrected chi connectivity index (χ4v) is 2.42. The van der Waals surface area contributed by atoms with Crippen LogP contribution in [0.5, 0.6) is 0 Å². The predicted octanol–water partition coefficient (Wildman–Crippen LogP) is 2.41. The molecule has 0 spiro atoms. The number of ether oxygens (including phenoxy) is 1. The van der Waals surface area contributed by atoms with Gasteiger partial charge in [0.05, 0.1) is 17.4 Å². The molecule has 1 aromatic rings. The van der Waals surface area contributed by atoms with Gasteiger partial charge in [0.2, 0.25) is 0 Å². The number of hydrogen-bond acceptors (Lipinski definition) is 3. The lowest BCUT2D eigenvalue weighted by Crippen LogP contribution is -2.52. The van der Waals surface area contributed by atoms with Crippen molar-refractivity contribution in [3.8, 4) is 0 Å². The molecule has 1 unspecified atom stereocenters. The predicted molar refractivity (Wildman–Crippen MR) is 67.7 cm³/mol. The van der Waals surface area contributed by atoms with Crippen molar-refractivity contribution in [3.63, 3.8) is 0 Å². The maximum Gasteiger partial charge on any atom is 0.148 e. The molecule has 4 heteroatoms. The Morgan fingerprint density at radius 1 is 1.47 bits per heavy atom. The van der Waals surface area contributed by atoms with Crippen LogP contribution in [0.15, 0.2) is 18.2 Å². The Bertz CT molecular complexity index is 420. The van der Waals surface area contributed by atoms with Crippen LogP contribution in [0.2, 0.25) is 0 Å². The molecule has 2 N–H and O–H groups in total. The van der Waals surface area contributed by atoms with Crippen molar-refractivity contribution in [2.24, 2.45) is 0 Å². The van der Waals surface area contributed by atoms with E-state index in [1.807, 2.05) is 25.7 Å². The fourth-order valence-electron chi connectivity index (χ4n) is 2.42. The molecular formula is C13H19FN2O. The van der Waals surface area contributed by atoms with Gasteiger partial charge in [-0.2, -0.15) is 0 Å². The highest BCUT2D eigenvalue weighted by atomic mass is 19.1. The number of nitrogens with two attached hydrogens (primary N) is 1. The van der Waals surface area contributed by atoms with Crippen LogP contribution >= 0.6 is 0 Å². The Balaban J connectivity index is 2.27. The van der Waals surface area contributed by atoms with E-state index in [4.69, 9.17) is 10.5 Å². The molecule has 2 rings (SSSR count). The van der Waals surface area contributed by atoms with Crippen LogP contribution in [0.1, 0.15) is 20.8 Å². The summed E-state index contributed by atoms with van der Waals surface area (Å²) < 4.78 is 19.7. The van der Waals surface area contributed by atoms with Gasteiger partial charge in [0.15, 0.2) is 0 Å². The van der Waals surface area contributed by atoms with Gasteiger partial charge in [0, 0.05) is 18.8 Å². The Kier molecular flexibility index (Phi) is 3.00. The number of nitrogen functional groups attached to an aromatic ring is 1. The molecule has 1 aliphatic heterocycles. The topological polar surface area (TPSA) is 38.5 Å². The third-order valence-electron chi connectivity index (χ3n) is 2.88. The van der Waals surface area contributed by atoms with Gasteiger partial charge in [-0.3, -0.25) is 0 Å². The summed E-state index contributed by atoms with van der Waals surface area (Å²) in [4.78, 5) is 2.02. The van der Waals surface area contributed by atoms with E-state index < -0.39 is 0 Å². The minimum absolute atomic E-state index is 0.0932. The molecule has 0 aromatic heterocycles. The van der Waals surface area contributed by atoms with E-state index in [0.717, 1.165) is 0 Å². The van der Waals surface area contributed by atoms with Gasteiger partial charge in [-0.05, 0) is 39.0 Å². The normalized spacial score (nSPS) is 23.8. The summed E-state index contributed by atoms with van der Waals surface area (Å²) in [5.74, 6) is -0.269. The van der Waals surface area contributed by atoms with Gasteiger partial charge in [0.1, 0.15) is 5.82 Å². The second kappa shape index (κ2) is 4.18. The van der Waals surface area contributed by atoms with Gasteiger partial charge < -0.3 is 15.4 Å². The molecule has 0 saturated carbocycles. The van der Waals surface area contributed by atoms with Crippen molar-refractivity contribution in [2.45, 2.75) is 32.5 Å². The molecule has 0 bridgehead atoms. The summed E-state index contributed by atoms with van der Waals surface area (Å²) >= 11 is 0. The lowest BCUT2D eigenvalue weighted by atomic mass is 10.0. The number of hydrogen-bond donors (Lipinski definition) is 1. The molecule has 0 aliphatic carbocycles. The largest absolute Gasteiger partial charge is 0.399 e. The number of benzene rings is 1. The van der Waals surface area contributed by atoms with E-state index in [9.17, 15) is 4.39 Å². The van der Waals surface area contributed by atoms with Crippen LogP contribution in [0.25, 0.3) is 0 Å². The zero-order valence-electron chi connectivity index (χ0n) is 10.5. The van der Waals surface area contributed by atoms with E-state index in [1.54, 1.807) is 12.1 Å². The Hall–Kier alpha value is -1.29. The van der Waals surface area contributed by atoms with E-state index in [1.165, 1.54) is 6.07 Å².